The van der Waals surface area contributed by atoms with Gasteiger partial charge in [0.2, 0.25) is 0 Å². The Kier molecular flexibility index (Phi) is 6.00. The maximum absolute atomic E-state index is 5.91. The molecule has 0 aromatic heterocycles. The lowest BCUT2D eigenvalue weighted by Crippen LogP contribution is -2.20. The highest BCUT2D eigenvalue weighted by Gasteiger charge is 2.19. The second-order valence-corrected chi connectivity index (χ2v) is 6.23. The first-order chi connectivity index (χ1) is 8.78. The topological polar surface area (TPSA) is 9.23 Å². The van der Waals surface area contributed by atoms with Crippen molar-refractivity contribution in [3.8, 4) is 0 Å². The summed E-state index contributed by atoms with van der Waals surface area (Å²) in [6.07, 6.45) is 4.89. The molecule has 18 heavy (non-hydrogen) atoms. The number of rotatable bonds is 5. The van der Waals surface area contributed by atoms with E-state index < -0.39 is 0 Å². The van der Waals surface area contributed by atoms with E-state index in [0.717, 1.165) is 35.9 Å². The van der Waals surface area contributed by atoms with Crippen molar-refractivity contribution in [3.63, 3.8) is 0 Å². The van der Waals surface area contributed by atoms with Gasteiger partial charge in [0.15, 0.2) is 0 Å². The minimum atomic E-state index is 0.717. The van der Waals surface area contributed by atoms with E-state index in [1.807, 2.05) is 12.1 Å². The van der Waals surface area contributed by atoms with Crippen LogP contribution in [-0.2, 0) is 11.2 Å². The lowest BCUT2D eigenvalue weighted by atomic mass is 9.87. The predicted octanol–water partition coefficient (Wildman–Crippen LogP) is 4.71. The van der Waals surface area contributed by atoms with E-state index in [9.17, 15) is 0 Å². The zero-order chi connectivity index (χ0) is 12.8. The second-order valence-electron chi connectivity index (χ2n) is 5.14. The summed E-state index contributed by atoms with van der Waals surface area (Å²) in [5.74, 6) is 1.56. The summed E-state index contributed by atoms with van der Waals surface area (Å²) in [5, 5.41) is 1.89. The molecular weight excluding hydrogens is 312 g/mol. The largest absolute Gasteiger partial charge is 0.381 e. The van der Waals surface area contributed by atoms with Crippen molar-refractivity contribution in [1.29, 1.82) is 0 Å². The third-order valence-corrected chi connectivity index (χ3v) is 4.83. The fourth-order valence-corrected chi connectivity index (χ4v) is 3.23. The fourth-order valence-electron chi connectivity index (χ4n) is 2.61. The van der Waals surface area contributed by atoms with E-state index in [1.54, 1.807) is 0 Å². The monoisotopic (exact) mass is 330 g/mol. The van der Waals surface area contributed by atoms with Crippen LogP contribution < -0.4 is 0 Å². The van der Waals surface area contributed by atoms with E-state index >= 15 is 0 Å². The van der Waals surface area contributed by atoms with Gasteiger partial charge in [0.1, 0.15) is 0 Å². The molecule has 1 aromatic rings. The predicted molar refractivity (Wildman–Crippen MR) is 80.6 cm³/mol. The molecule has 1 fully saturated rings. The van der Waals surface area contributed by atoms with Gasteiger partial charge in [-0.15, -0.1) is 0 Å². The van der Waals surface area contributed by atoms with E-state index in [4.69, 9.17) is 16.3 Å². The van der Waals surface area contributed by atoms with E-state index in [2.05, 4.69) is 28.1 Å². The normalized spacial score (nSPS) is 18.8. The van der Waals surface area contributed by atoms with Crippen LogP contribution in [0.15, 0.2) is 24.3 Å². The van der Waals surface area contributed by atoms with Gasteiger partial charge in [0, 0.05) is 23.6 Å². The average Bonchev–Trinajstić information content (AvgIpc) is 2.41. The lowest BCUT2D eigenvalue weighted by molar-refractivity contribution is 0.0596. The van der Waals surface area contributed by atoms with Gasteiger partial charge in [-0.1, -0.05) is 39.7 Å². The number of alkyl halides is 1. The van der Waals surface area contributed by atoms with E-state index in [1.165, 1.54) is 24.8 Å². The zero-order valence-electron chi connectivity index (χ0n) is 10.6. The van der Waals surface area contributed by atoms with Crippen molar-refractivity contribution in [3.05, 3.63) is 34.9 Å². The first-order valence-corrected chi connectivity index (χ1v) is 8.16. The molecule has 1 atom stereocenters. The summed E-state index contributed by atoms with van der Waals surface area (Å²) in [7, 11) is 0. The van der Waals surface area contributed by atoms with Gasteiger partial charge >= 0.3 is 0 Å². The molecule has 0 aliphatic carbocycles. The van der Waals surface area contributed by atoms with Gasteiger partial charge in [-0.3, -0.25) is 0 Å². The molecule has 1 saturated heterocycles. The van der Waals surface area contributed by atoms with Crippen molar-refractivity contribution in [2.75, 3.05) is 18.5 Å². The molecule has 1 nitrogen and oxygen atoms in total. The quantitative estimate of drug-likeness (QED) is 0.710. The number of hydrogen-bond donors (Lipinski definition) is 0. The van der Waals surface area contributed by atoms with Crippen molar-refractivity contribution in [1.82, 2.24) is 0 Å². The van der Waals surface area contributed by atoms with Crippen molar-refractivity contribution in [2.45, 2.75) is 25.7 Å². The summed E-state index contributed by atoms with van der Waals surface area (Å²) in [6, 6.07) is 8.25. The Hall–Kier alpha value is -0.0500. The molecule has 0 spiro atoms. The summed E-state index contributed by atoms with van der Waals surface area (Å²) in [4.78, 5) is 0. The second kappa shape index (κ2) is 7.52. The molecule has 0 N–H and O–H groups in total. The summed E-state index contributed by atoms with van der Waals surface area (Å²) in [5.41, 5.74) is 1.39. The zero-order valence-corrected chi connectivity index (χ0v) is 12.9. The van der Waals surface area contributed by atoms with Crippen LogP contribution in [-0.4, -0.2) is 18.5 Å². The highest BCUT2D eigenvalue weighted by molar-refractivity contribution is 9.09. The van der Waals surface area contributed by atoms with Crippen LogP contribution in [0.1, 0.15) is 24.8 Å². The molecule has 1 aromatic carbocycles. The molecule has 0 radical (unpaired) electrons. The Balaban J connectivity index is 1.86. The highest BCUT2D eigenvalue weighted by atomic mass is 79.9. The number of benzene rings is 1. The molecule has 1 heterocycles. The Morgan fingerprint density at radius 2 is 1.89 bits per heavy atom. The SMILES string of the molecule is Clc1ccc(CC(CBr)CC2CCOCC2)cc1. The minimum absolute atomic E-state index is 0.717. The van der Waals surface area contributed by atoms with E-state index in [-0.39, 0.29) is 0 Å². The minimum Gasteiger partial charge on any atom is -0.381 e. The van der Waals surface area contributed by atoms with Gasteiger partial charge in [-0.2, -0.15) is 0 Å². The molecule has 1 aliphatic rings. The number of ether oxygens (including phenoxy) is 1. The number of hydrogen-bond acceptors (Lipinski definition) is 1. The smallest absolute Gasteiger partial charge is 0.0468 e. The lowest BCUT2D eigenvalue weighted by Gasteiger charge is -2.25. The Bertz CT molecular complexity index is 346. The first kappa shape index (κ1) is 14.4. The van der Waals surface area contributed by atoms with Crippen LogP contribution in [0.3, 0.4) is 0 Å². The van der Waals surface area contributed by atoms with Crippen molar-refractivity contribution in [2.24, 2.45) is 11.8 Å². The van der Waals surface area contributed by atoms with Crippen LogP contribution in [0.5, 0.6) is 0 Å². The summed E-state index contributed by atoms with van der Waals surface area (Å²) in [6.45, 7) is 1.89. The van der Waals surface area contributed by atoms with Crippen LogP contribution in [0.25, 0.3) is 0 Å². The fraction of sp³-hybridized carbons (Fsp3) is 0.600. The molecule has 100 valence electrons. The maximum atomic E-state index is 5.91. The summed E-state index contributed by atoms with van der Waals surface area (Å²) >= 11 is 9.57. The maximum Gasteiger partial charge on any atom is 0.0468 e. The molecule has 0 amide bonds. The van der Waals surface area contributed by atoms with Gasteiger partial charge < -0.3 is 4.74 Å². The molecule has 0 saturated carbocycles. The summed E-state index contributed by atoms with van der Waals surface area (Å²) < 4.78 is 5.42. The first-order valence-electron chi connectivity index (χ1n) is 6.66. The number of halogens is 2. The molecule has 2 rings (SSSR count). The Morgan fingerprint density at radius 3 is 2.50 bits per heavy atom. The molecule has 1 aliphatic heterocycles. The van der Waals surface area contributed by atoms with Crippen molar-refractivity contribution < 1.29 is 4.74 Å². The van der Waals surface area contributed by atoms with Crippen LogP contribution >= 0.6 is 27.5 Å². The van der Waals surface area contributed by atoms with Gasteiger partial charge in [0.25, 0.3) is 0 Å². The molecule has 0 bridgehead atoms. The standard InChI is InChI=1S/C15H20BrClO/c16-11-14(10-13-5-7-18-8-6-13)9-12-1-3-15(17)4-2-12/h1-4,13-14H,5-11H2. The van der Waals surface area contributed by atoms with Gasteiger partial charge in [-0.25, -0.2) is 0 Å². The Labute approximate surface area is 123 Å². The van der Waals surface area contributed by atoms with Crippen LogP contribution in [0.4, 0.5) is 0 Å². The third-order valence-electron chi connectivity index (χ3n) is 3.66. The van der Waals surface area contributed by atoms with Gasteiger partial charge in [0.05, 0.1) is 0 Å². The van der Waals surface area contributed by atoms with Crippen molar-refractivity contribution >= 4 is 27.5 Å². The average molecular weight is 332 g/mol. The third kappa shape index (κ3) is 4.56. The molecular formula is C15H20BrClO. The Morgan fingerprint density at radius 1 is 1.22 bits per heavy atom. The van der Waals surface area contributed by atoms with Crippen LogP contribution in [0.2, 0.25) is 5.02 Å². The molecule has 1 unspecified atom stereocenters. The highest BCUT2D eigenvalue weighted by Crippen LogP contribution is 2.26. The van der Waals surface area contributed by atoms with E-state index in [0.29, 0.717) is 5.92 Å². The molecule has 3 heteroatoms. The van der Waals surface area contributed by atoms with Gasteiger partial charge in [-0.05, 0) is 55.2 Å². The van der Waals surface area contributed by atoms with Crippen LogP contribution in [0, 0.1) is 11.8 Å².